The molecule has 4 nitrogen and oxygen atoms in total. The van der Waals surface area contributed by atoms with Crippen molar-refractivity contribution in [2.24, 2.45) is 0 Å². The second kappa shape index (κ2) is 3.66. The van der Waals surface area contributed by atoms with Gasteiger partial charge >= 0.3 is 5.97 Å². The molecule has 0 saturated heterocycles. The van der Waals surface area contributed by atoms with Gasteiger partial charge in [0.25, 0.3) is 0 Å². The SMILES string of the molecule is O=Cc1cccc2cc(O)cc(C(=O)O)c12. The molecule has 4 heteroatoms. The molecule has 0 fully saturated rings. The Balaban J connectivity index is 2.96. The topological polar surface area (TPSA) is 74.6 Å². The van der Waals surface area contributed by atoms with Crippen molar-refractivity contribution < 1.29 is 19.8 Å². The van der Waals surface area contributed by atoms with E-state index in [1.807, 2.05) is 0 Å². The number of benzene rings is 2. The number of carboxylic acid groups (broad SMARTS) is 1. The van der Waals surface area contributed by atoms with Gasteiger partial charge < -0.3 is 10.2 Å². The molecule has 0 aliphatic rings. The third-order valence-electron chi connectivity index (χ3n) is 2.35. The molecular weight excluding hydrogens is 208 g/mol. The lowest BCUT2D eigenvalue weighted by Crippen LogP contribution is -1.99. The Morgan fingerprint density at radius 1 is 1.25 bits per heavy atom. The van der Waals surface area contributed by atoms with Crippen molar-refractivity contribution in [3.63, 3.8) is 0 Å². The number of hydrogen-bond acceptors (Lipinski definition) is 3. The maximum absolute atomic E-state index is 11.0. The van der Waals surface area contributed by atoms with Gasteiger partial charge in [-0.25, -0.2) is 4.79 Å². The summed E-state index contributed by atoms with van der Waals surface area (Å²) < 4.78 is 0. The predicted octanol–water partition coefficient (Wildman–Crippen LogP) is 2.06. The monoisotopic (exact) mass is 216 g/mol. The second-order valence-electron chi connectivity index (χ2n) is 3.36. The van der Waals surface area contributed by atoms with Crippen molar-refractivity contribution in [3.8, 4) is 5.75 Å². The number of phenols is 1. The van der Waals surface area contributed by atoms with Crippen molar-refractivity contribution in [1.29, 1.82) is 0 Å². The first-order chi connectivity index (χ1) is 7.63. The van der Waals surface area contributed by atoms with Crippen LogP contribution < -0.4 is 0 Å². The third-order valence-corrected chi connectivity index (χ3v) is 2.35. The molecule has 2 aromatic carbocycles. The molecule has 0 radical (unpaired) electrons. The molecule has 80 valence electrons. The first-order valence-corrected chi connectivity index (χ1v) is 4.57. The first kappa shape index (κ1) is 10.2. The molecule has 0 aliphatic carbocycles. The highest BCUT2D eigenvalue weighted by Gasteiger charge is 2.13. The number of fused-ring (bicyclic) bond motifs is 1. The Bertz CT molecular complexity index is 587. The van der Waals surface area contributed by atoms with Crippen LogP contribution in [0.3, 0.4) is 0 Å². The molecule has 0 spiro atoms. The van der Waals surface area contributed by atoms with E-state index in [4.69, 9.17) is 5.11 Å². The van der Waals surface area contributed by atoms with E-state index in [-0.39, 0.29) is 11.3 Å². The Labute approximate surface area is 90.8 Å². The number of aldehydes is 1. The smallest absolute Gasteiger partial charge is 0.336 e. The van der Waals surface area contributed by atoms with Crippen LogP contribution in [-0.2, 0) is 0 Å². The lowest BCUT2D eigenvalue weighted by Gasteiger charge is -2.05. The molecular formula is C12H8O4. The van der Waals surface area contributed by atoms with Gasteiger partial charge in [0, 0.05) is 10.9 Å². The van der Waals surface area contributed by atoms with Crippen LogP contribution in [0.5, 0.6) is 5.75 Å². The Morgan fingerprint density at radius 2 is 2.00 bits per heavy atom. The van der Waals surface area contributed by atoms with Crippen LogP contribution >= 0.6 is 0 Å². The fraction of sp³-hybridized carbons (Fsp3) is 0. The van der Waals surface area contributed by atoms with E-state index in [1.54, 1.807) is 18.2 Å². The minimum absolute atomic E-state index is 0.0716. The van der Waals surface area contributed by atoms with Gasteiger partial charge in [0.2, 0.25) is 0 Å². The number of aromatic hydroxyl groups is 1. The van der Waals surface area contributed by atoms with Gasteiger partial charge in [0.15, 0.2) is 6.29 Å². The molecule has 0 saturated carbocycles. The average molecular weight is 216 g/mol. The first-order valence-electron chi connectivity index (χ1n) is 4.57. The van der Waals surface area contributed by atoms with E-state index in [0.29, 0.717) is 22.6 Å². The summed E-state index contributed by atoms with van der Waals surface area (Å²) in [6.45, 7) is 0. The molecule has 0 aromatic heterocycles. The summed E-state index contributed by atoms with van der Waals surface area (Å²) in [6.07, 6.45) is 0.603. The van der Waals surface area contributed by atoms with Crippen LogP contribution in [-0.4, -0.2) is 22.5 Å². The van der Waals surface area contributed by atoms with Gasteiger partial charge in [-0.05, 0) is 17.5 Å². The minimum Gasteiger partial charge on any atom is -0.508 e. The van der Waals surface area contributed by atoms with Crippen LogP contribution in [0.4, 0.5) is 0 Å². The molecule has 0 heterocycles. The molecule has 16 heavy (non-hydrogen) atoms. The zero-order valence-corrected chi connectivity index (χ0v) is 8.18. The van der Waals surface area contributed by atoms with E-state index in [9.17, 15) is 14.7 Å². The van der Waals surface area contributed by atoms with Crippen LogP contribution in [0.2, 0.25) is 0 Å². The average Bonchev–Trinajstić information content (AvgIpc) is 2.26. The maximum atomic E-state index is 11.0. The van der Waals surface area contributed by atoms with E-state index in [2.05, 4.69) is 0 Å². The van der Waals surface area contributed by atoms with Gasteiger partial charge in [-0.3, -0.25) is 4.79 Å². The van der Waals surface area contributed by atoms with Crippen LogP contribution in [0.15, 0.2) is 30.3 Å². The lowest BCUT2D eigenvalue weighted by molar-refractivity contribution is 0.0698. The molecule has 0 atom stereocenters. The summed E-state index contributed by atoms with van der Waals surface area (Å²) in [4.78, 5) is 21.8. The minimum atomic E-state index is -1.17. The normalized spacial score (nSPS) is 10.2. The summed E-state index contributed by atoms with van der Waals surface area (Å²) in [7, 11) is 0. The fourth-order valence-corrected chi connectivity index (χ4v) is 1.71. The molecule has 0 unspecified atom stereocenters. The Hall–Kier alpha value is -2.36. The number of hydrogen-bond donors (Lipinski definition) is 2. The summed E-state index contributed by atoms with van der Waals surface area (Å²) in [5, 5.41) is 19.3. The highest BCUT2D eigenvalue weighted by Crippen LogP contribution is 2.27. The summed E-state index contributed by atoms with van der Waals surface area (Å²) in [5.41, 5.74) is 0.229. The maximum Gasteiger partial charge on any atom is 0.336 e. The number of phenolic OH excluding ortho intramolecular Hbond substituents is 1. The standard InChI is InChI=1S/C12H8O4/c13-6-8-3-1-2-7-4-9(14)5-10(11(7)8)12(15)16/h1-6,14H,(H,15,16). The summed E-state index contributed by atoms with van der Waals surface area (Å²) in [6, 6.07) is 7.39. The van der Waals surface area contributed by atoms with Crippen molar-refractivity contribution in [3.05, 3.63) is 41.5 Å². The molecule has 0 aliphatic heterocycles. The van der Waals surface area contributed by atoms with E-state index in [0.717, 1.165) is 6.07 Å². The van der Waals surface area contributed by atoms with Crippen molar-refractivity contribution in [1.82, 2.24) is 0 Å². The summed E-state index contributed by atoms with van der Waals surface area (Å²) >= 11 is 0. The van der Waals surface area contributed by atoms with E-state index >= 15 is 0 Å². The molecule has 2 N–H and O–H groups in total. The van der Waals surface area contributed by atoms with Crippen molar-refractivity contribution in [2.75, 3.05) is 0 Å². The van der Waals surface area contributed by atoms with Gasteiger partial charge in [-0.15, -0.1) is 0 Å². The van der Waals surface area contributed by atoms with Crippen molar-refractivity contribution >= 4 is 23.0 Å². The number of rotatable bonds is 2. The Morgan fingerprint density at radius 3 is 2.62 bits per heavy atom. The van der Waals surface area contributed by atoms with Gasteiger partial charge in [0.05, 0.1) is 5.56 Å². The van der Waals surface area contributed by atoms with Crippen LogP contribution in [0, 0.1) is 0 Å². The highest BCUT2D eigenvalue weighted by atomic mass is 16.4. The Kier molecular flexibility index (Phi) is 2.32. The number of carboxylic acids is 1. The van der Waals surface area contributed by atoms with Crippen LogP contribution in [0.1, 0.15) is 20.7 Å². The van der Waals surface area contributed by atoms with Gasteiger partial charge in [-0.1, -0.05) is 18.2 Å². The predicted molar refractivity (Wildman–Crippen MR) is 58.0 cm³/mol. The van der Waals surface area contributed by atoms with Crippen LogP contribution in [0.25, 0.3) is 10.8 Å². The molecule has 0 bridgehead atoms. The van der Waals surface area contributed by atoms with E-state index in [1.165, 1.54) is 6.07 Å². The zero-order valence-electron chi connectivity index (χ0n) is 8.18. The zero-order chi connectivity index (χ0) is 11.7. The largest absolute Gasteiger partial charge is 0.508 e. The highest BCUT2D eigenvalue weighted by molar-refractivity contribution is 6.10. The number of carbonyl (C=O) groups excluding carboxylic acids is 1. The van der Waals surface area contributed by atoms with E-state index < -0.39 is 5.97 Å². The number of aromatic carboxylic acids is 1. The summed E-state index contributed by atoms with van der Waals surface area (Å²) in [5.74, 6) is -1.30. The second-order valence-corrected chi connectivity index (χ2v) is 3.36. The van der Waals surface area contributed by atoms with Gasteiger partial charge in [-0.2, -0.15) is 0 Å². The van der Waals surface area contributed by atoms with Gasteiger partial charge in [0.1, 0.15) is 5.75 Å². The lowest BCUT2D eigenvalue weighted by atomic mass is 9.99. The molecule has 2 aromatic rings. The molecule has 2 rings (SSSR count). The number of carbonyl (C=O) groups is 2. The van der Waals surface area contributed by atoms with Crippen molar-refractivity contribution in [2.45, 2.75) is 0 Å². The quantitative estimate of drug-likeness (QED) is 0.753. The third kappa shape index (κ3) is 1.50. The fourth-order valence-electron chi connectivity index (χ4n) is 1.71. The molecule has 0 amide bonds.